The van der Waals surface area contributed by atoms with E-state index in [2.05, 4.69) is 5.32 Å². The van der Waals surface area contributed by atoms with E-state index in [4.69, 9.17) is 9.47 Å². The van der Waals surface area contributed by atoms with Gasteiger partial charge in [-0.15, -0.1) is 0 Å². The van der Waals surface area contributed by atoms with Gasteiger partial charge in [-0.3, -0.25) is 9.10 Å². The highest BCUT2D eigenvalue weighted by Gasteiger charge is 2.18. The molecular formula is C23H24N2O5S. The summed E-state index contributed by atoms with van der Waals surface area (Å²) in [6.07, 6.45) is 1.17. The van der Waals surface area contributed by atoms with E-state index in [1.54, 1.807) is 73.8 Å². The number of nitrogens with zero attached hydrogens (tertiary/aromatic N) is 1. The van der Waals surface area contributed by atoms with Crippen molar-refractivity contribution in [3.8, 4) is 11.5 Å². The van der Waals surface area contributed by atoms with E-state index in [0.29, 0.717) is 28.4 Å². The van der Waals surface area contributed by atoms with Crippen LogP contribution in [0, 0.1) is 0 Å². The minimum absolute atomic E-state index is 0.164. The fraction of sp³-hybridized carbons (Fsp3) is 0.174. The minimum atomic E-state index is -3.47. The number of methoxy groups -OCH3 is 2. The van der Waals surface area contributed by atoms with Gasteiger partial charge in [-0.2, -0.15) is 0 Å². The van der Waals surface area contributed by atoms with Crippen molar-refractivity contribution in [2.75, 3.05) is 30.1 Å². The first-order valence-corrected chi connectivity index (χ1v) is 11.3. The molecule has 0 spiro atoms. The second-order valence-electron chi connectivity index (χ2n) is 6.82. The van der Waals surface area contributed by atoms with Crippen molar-refractivity contribution in [1.82, 2.24) is 0 Å². The van der Waals surface area contributed by atoms with Crippen molar-refractivity contribution in [1.29, 1.82) is 0 Å². The lowest BCUT2D eigenvalue weighted by atomic mass is 10.1. The smallest absolute Gasteiger partial charge is 0.255 e. The number of hydrogen-bond acceptors (Lipinski definition) is 5. The van der Waals surface area contributed by atoms with E-state index >= 15 is 0 Å². The molecular weight excluding hydrogens is 416 g/mol. The Kier molecular flexibility index (Phi) is 6.81. The lowest BCUT2D eigenvalue weighted by Gasteiger charge is -2.22. The van der Waals surface area contributed by atoms with Crippen LogP contribution < -0.4 is 19.1 Å². The molecule has 0 atom stereocenters. The van der Waals surface area contributed by atoms with Crippen molar-refractivity contribution in [2.24, 2.45) is 0 Å². The van der Waals surface area contributed by atoms with Gasteiger partial charge in [-0.05, 0) is 42.0 Å². The van der Waals surface area contributed by atoms with Crippen LogP contribution in [0.2, 0.25) is 0 Å². The van der Waals surface area contributed by atoms with Gasteiger partial charge in [0.25, 0.3) is 5.91 Å². The second kappa shape index (κ2) is 9.53. The van der Waals surface area contributed by atoms with Crippen LogP contribution in [0.15, 0.2) is 72.8 Å². The molecule has 3 aromatic rings. The predicted molar refractivity (Wildman–Crippen MR) is 121 cm³/mol. The van der Waals surface area contributed by atoms with Crippen molar-refractivity contribution < 1.29 is 22.7 Å². The zero-order valence-electron chi connectivity index (χ0n) is 17.5. The Bertz CT molecular complexity index is 1150. The van der Waals surface area contributed by atoms with Crippen molar-refractivity contribution in [2.45, 2.75) is 6.54 Å². The van der Waals surface area contributed by atoms with Gasteiger partial charge >= 0.3 is 0 Å². The van der Waals surface area contributed by atoms with Gasteiger partial charge in [0, 0.05) is 11.6 Å². The summed E-state index contributed by atoms with van der Waals surface area (Å²) >= 11 is 0. The SMILES string of the molecule is COc1ccc(NC(=O)c2ccc(CN(c3ccccc3)S(C)(=O)=O)cc2)c(OC)c1. The standard InChI is InChI=1S/C23H24N2O5S/c1-29-20-13-14-21(22(15-20)30-2)24-23(26)18-11-9-17(10-12-18)16-25(31(3,27)28)19-7-5-4-6-8-19/h4-15H,16H2,1-3H3,(H,24,26). The number of benzene rings is 3. The first-order valence-electron chi connectivity index (χ1n) is 9.47. The normalized spacial score (nSPS) is 10.9. The molecule has 3 rings (SSSR count). The average molecular weight is 441 g/mol. The number of para-hydroxylation sites is 1. The van der Waals surface area contributed by atoms with Gasteiger partial charge in [-0.1, -0.05) is 30.3 Å². The first kappa shape index (κ1) is 22.2. The fourth-order valence-corrected chi connectivity index (χ4v) is 3.91. The highest BCUT2D eigenvalue weighted by molar-refractivity contribution is 7.92. The third-order valence-electron chi connectivity index (χ3n) is 4.64. The minimum Gasteiger partial charge on any atom is -0.497 e. The summed E-state index contributed by atoms with van der Waals surface area (Å²) in [6, 6.07) is 20.8. The number of sulfonamides is 1. The van der Waals surface area contributed by atoms with Crippen LogP contribution in [0.1, 0.15) is 15.9 Å². The summed E-state index contributed by atoms with van der Waals surface area (Å²) in [7, 11) is -0.401. The molecule has 0 unspecified atom stereocenters. The Morgan fingerprint density at radius 3 is 2.19 bits per heavy atom. The van der Waals surface area contributed by atoms with E-state index < -0.39 is 10.0 Å². The molecule has 0 aliphatic heterocycles. The topological polar surface area (TPSA) is 84.9 Å². The predicted octanol–water partition coefficient (Wildman–Crippen LogP) is 3.92. The third kappa shape index (κ3) is 5.55. The monoisotopic (exact) mass is 440 g/mol. The largest absolute Gasteiger partial charge is 0.497 e. The number of ether oxygens (including phenoxy) is 2. The molecule has 0 heterocycles. The Hall–Kier alpha value is -3.52. The number of nitrogens with one attached hydrogen (secondary N) is 1. The summed E-state index contributed by atoms with van der Waals surface area (Å²) in [5.74, 6) is 0.794. The molecule has 1 amide bonds. The Balaban J connectivity index is 1.76. The number of carbonyl (C=O) groups is 1. The number of hydrogen-bond donors (Lipinski definition) is 1. The molecule has 0 saturated carbocycles. The summed E-state index contributed by atoms with van der Waals surface area (Å²) in [4.78, 5) is 12.6. The van der Waals surface area contributed by atoms with Crippen LogP contribution in [0.25, 0.3) is 0 Å². The van der Waals surface area contributed by atoms with E-state index in [1.165, 1.54) is 17.7 Å². The van der Waals surface area contributed by atoms with Crippen molar-refractivity contribution >= 4 is 27.3 Å². The van der Waals surface area contributed by atoms with E-state index in [-0.39, 0.29) is 12.5 Å². The van der Waals surface area contributed by atoms with Crippen LogP contribution in [0.4, 0.5) is 11.4 Å². The zero-order chi connectivity index (χ0) is 22.4. The highest BCUT2D eigenvalue weighted by Crippen LogP contribution is 2.29. The maximum Gasteiger partial charge on any atom is 0.255 e. The summed E-state index contributed by atoms with van der Waals surface area (Å²) in [5.41, 5.74) is 2.29. The quantitative estimate of drug-likeness (QED) is 0.574. The molecule has 162 valence electrons. The van der Waals surface area contributed by atoms with E-state index in [1.807, 2.05) is 6.07 Å². The van der Waals surface area contributed by atoms with Gasteiger partial charge in [-0.25, -0.2) is 8.42 Å². The first-order chi connectivity index (χ1) is 14.8. The maximum atomic E-state index is 12.6. The molecule has 8 heteroatoms. The molecule has 0 aliphatic rings. The summed E-state index contributed by atoms with van der Waals surface area (Å²) in [5, 5.41) is 2.81. The molecule has 0 bridgehead atoms. The van der Waals surface area contributed by atoms with Gasteiger partial charge < -0.3 is 14.8 Å². The zero-order valence-corrected chi connectivity index (χ0v) is 18.3. The van der Waals surface area contributed by atoms with Gasteiger partial charge in [0.05, 0.1) is 38.4 Å². The Labute approximate surface area is 182 Å². The molecule has 0 saturated heterocycles. The van der Waals surface area contributed by atoms with Crippen molar-refractivity contribution in [3.63, 3.8) is 0 Å². The molecule has 7 nitrogen and oxygen atoms in total. The lowest BCUT2D eigenvalue weighted by molar-refractivity contribution is 0.102. The molecule has 0 radical (unpaired) electrons. The fourth-order valence-electron chi connectivity index (χ4n) is 3.02. The molecule has 31 heavy (non-hydrogen) atoms. The number of anilines is 2. The van der Waals surface area contributed by atoms with Crippen LogP contribution in [0.3, 0.4) is 0 Å². The Morgan fingerprint density at radius 2 is 1.61 bits per heavy atom. The number of amides is 1. The molecule has 1 N–H and O–H groups in total. The van der Waals surface area contributed by atoms with Gasteiger partial charge in [0.1, 0.15) is 11.5 Å². The summed E-state index contributed by atoms with van der Waals surface area (Å²) in [6.45, 7) is 0.164. The molecule has 0 fully saturated rings. The molecule has 3 aromatic carbocycles. The summed E-state index contributed by atoms with van der Waals surface area (Å²) < 4.78 is 36.3. The average Bonchev–Trinajstić information content (AvgIpc) is 2.77. The van der Waals surface area contributed by atoms with Gasteiger partial charge in [0.2, 0.25) is 10.0 Å². The van der Waals surface area contributed by atoms with Crippen LogP contribution in [0.5, 0.6) is 11.5 Å². The number of rotatable bonds is 8. The third-order valence-corrected chi connectivity index (χ3v) is 5.78. The van der Waals surface area contributed by atoms with Crippen LogP contribution in [-0.2, 0) is 16.6 Å². The number of carbonyl (C=O) groups excluding carboxylic acids is 1. The van der Waals surface area contributed by atoms with Crippen LogP contribution in [-0.4, -0.2) is 34.8 Å². The van der Waals surface area contributed by atoms with Crippen LogP contribution >= 0.6 is 0 Å². The highest BCUT2D eigenvalue weighted by atomic mass is 32.2. The van der Waals surface area contributed by atoms with Gasteiger partial charge in [0.15, 0.2) is 0 Å². The van der Waals surface area contributed by atoms with E-state index in [9.17, 15) is 13.2 Å². The van der Waals surface area contributed by atoms with Crippen molar-refractivity contribution in [3.05, 3.63) is 83.9 Å². The second-order valence-corrected chi connectivity index (χ2v) is 8.73. The Morgan fingerprint density at radius 1 is 0.935 bits per heavy atom. The lowest BCUT2D eigenvalue weighted by Crippen LogP contribution is -2.29. The van der Waals surface area contributed by atoms with E-state index in [0.717, 1.165) is 5.56 Å². The maximum absolute atomic E-state index is 12.6. The molecule has 0 aromatic heterocycles. The molecule has 0 aliphatic carbocycles.